The average molecular weight is 243 g/mol. The third-order valence-corrected chi connectivity index (χ3v) is 4.24. The SMILES string of the molecule is Cc1cc(SC2CC2C(=O)O)ccc1Cl. The number of carboxylic acids is 1. The Labute approximate surface area is 97.6 Å². The van der Waals surface area contributed by atoms with Crippen molar-refractivity contribution >= 4 is 29.3 Å². The molecule has 1 aromatic rings. The van der Waals surface area contributed by atoms with E-state index in [9.17, 15) is 4.79 Å². The Morgan fingerprint density at radius 1 is 1.60 bits per heavy atom. The second-order valence-electron chi connectivity index (χ2n) is 3.75. The highest BCUT2D eigenvalue weighted by molar-refractivity contribution is 8.00. The van der Waals surface area contributed by atoms with Crippen LogP contribution >= 0.6 is 23.4 Å². The molecule has 1 aliphatic rings. The maximum atomic E-state index is 10.6. The molecule has 2 rings (SSSR count). The first-order valence-corrected chi connectivity index (χ1v) is 5.99. The molecular weight excluding hydrogens is 232 g/mol. The first-order valence-electron chi connectivity index (χ1n) is 4.73. The molecule has 0 spiro atoms. The number of hydrogen-bond acceptors (Lipinski definition) is 2. The number of carboxylic acid groups (broad SMARTS) is 1. The fraction of sp³-hybridized carbons (Fsp3) is 0.364. The normalized spacial score (nSPS) is 23.9. The molecule has 0 amide bonds. The fourth-order valence-electron chi connectivity index (χ4n) is 1.43. The second kappa shape index (κ2) is 4.06. The maximum absolute atomic E-state index is 10.6. The van der Waals surface area contributed by atoms with Crippen molar-refractivity contribution in [1.29, 1.82) is 0 Å². The molecule has 1 aromatic carbocycles. The van der Waals surface area contributed by atoms with E-state index in [1.54, 1.807) is 11.8 Å². The molecule has 0 saturated heterocycles. The molecular formula is C11H11ClO2S. The number of rotatable bonds is 3. The van der Waals surface area contributed by atoms with E-state index in [0.29, 0.717) is 0 Å². The predicted octanol–water partition coefficient (Wildman–Crippen LogP) is 3.21. The molecule has 1 saturated carbocycles. The molecule has 1 fully saturated rings. The van der Waals surface area contributed by atoms with Crippen molar-refractivity contribution < 1.29 is 9.90 Å². The van der Waals surface area contributed by atoms with Crippen LogP contribution in [0.5, 0.6) is 0 Å². The molecule has 15 heavy (non-hydrogen) atoms. The molecule has 2 atom stereocenters. The Hall–Kier alpha value is -0.670. The van der Waals surface area contributed by atoms with Crippen LogP contribution in [0.2, 0.25) is 5.02 Å². The minimum atomic E-state index is -0.682. The molecule has 0 bridgehead atoms. The number of aliphatic carboxylic acids is 1. The summed E-state index contributed by atoms with van der Waals surface area (Å²) in [5.41, 5.74) is 1.04. The van der Waals surface area contributed by atoms with Gasteiger partial charge in [-0.25, -0.2) is 0 Å². The minimum absolute atomic E-state index is 0.161. The van der Waals surface area contributed by atoms with Crippen LogP contribution in [0, 0.1) is 12.8 Å². The molecule has 1 N–H and O–H groups in total. The van der Waals surface area contributed by atoms with Gasteiger partial charge in [-0.15, -0.1) is 11.8 Å². The van der Waals surface area contributed by atoms with Crippen LogP contribution in [0.4, 0.5) is 0 Å². The van der Waals surface area contributed by atoms with Gasteiger partial charge in [0.2, 0.25) is 0 Å². The lowest BCUT2D eigenvalue weighted by Gasteiger charge is -2.02. The Balaban J connectivity index is 2.01. The van der Waals surface area contributed by atoms with Crippen LogP contribution in [0.15, 0.2) is 23.1 Å². The lowest BCUT2D eigenvalue weighted by atomic mass is 10.2. The van der Waals surface area contributed by atoms with Crippen LogP contribution in [-0.4, -0.2) is 16.3 Å². The van der Waals surface area contributed by atoms with Gasteiger partial charge in [-0.2, -0.15) is 0 Å². The van der Waals surface area contributed by atoms with Gasteiger partial charge in [0.05, 0.1) is 5.92 Å². The summed E-state index contributed by atoms with van der Waals surface area (Å²) in [6.07, 6.45) is 0.779. The van der Waals surface area contributed by atoms with E-state index in [0.717, 1.165) is 21.9 Å². The molecule has 0 aromatic heterocycles. The number of aryl methyl sites for hydroxylation is 1. The monoisotopic (exact) mass is 242 g/mol. The van der Waals surface area contributed by atoms with E-state index >= 15 is 0 Å². The summed E-state index contributed by atoms with van der Waals surface area (Å²) in [6.45, 7) is 1.95. The molecule has 0 radical (unpaired) electrons. The number of carbonyl (C=O) groups is 1. The molecule has 1 aliphatic carbocycles. The minimum Gasteiger partial charge on any atom is -0.481 e. The number of benzene rings is 1. The van der Waals surface area contributed by atoms with E-state index in [1.807, 2.05) is 25.1 Å². The largest absolute Gasteiger partial charge is 0.481 e. The van der Waals surface area contributed by atoms with E-state index in [4.69, 9.17) is 16.7 Å². The number of halogens is 1. The second-order valence-corrected chi connectivity index (χ2v) is 5.47. The zero-order valence-electron chi connectivity index (χ0n) is 8.24. The highest BCUT2D eigenvalue weighted by Crippen LogP contribution is 2.45. The van der Waals surface area contributed by atoms with Crippen LogP contribution in [0.25, 0.3) is 0 Å². The predicted molar refractivity (Wildman–Crippen MR) is 61.6 cm³/mol. The average Bonchev–Trinajstić information content (AvgIpc) is 2.91. The fourth-order valence-corrected chi connectivity index (χ4v) is 2.87. The van der Waals surface area contributed by atoms with Gasteiger partial charge in [-0.1, -0.05) is 11.6 Å². The van der Waals surface area contributed by atoms with E-state index in [1.165, 1.54) is 0 Å². The third kappa shape index (κ3) is 2.47. The topological polar surface area (TPSA) is 37.3 Å². The zero-order valence-corrected chi connectivity index (χ0v) is 9.81. The molecule has 4 heteroatoms. The first kappa shape index (κ1) is 10.8. The van der Waals surface area contributed by atoms with Gasteiger partial charge in [0.25, 0.3) is 0 Å². The summed E-state index contributed by atoms with van der Waals surface area (Å²) >= 11 is 7.54. The Morgan fingerprint density at radius 3 is 2.87 bits per heavy atom. The highest BCUT2D eigenvalue weighted by Gasteiger charge is 2.43. The summed E-state index contributed by atoms with van der Waals surface area (Å²) in [7, 11) is 0. The van der Waals surface area contributed by atoms with Crippen LogP contribution in [0.3, 0.4) is 0 Å². The summed E-state index contributed by atoms with van der Waals surface area (Å²) in [4.78, 5) is 11.8. The van der Waals surface area contributed by atoms with Gasteiger partial charge < -0.3 is 5.11 Å². The van der Waals surface area contributed by atoms with E-state index in [-0.39, 0.29) is 11.2 Å². The van der Waals surface area contributed by atoms with E-state index in [2.05, 4.69) is 0 Å². The van der Waals surface area contributed by atoms with Crippen molar-refractivity contribution in [3.05, 3.63) is 28.8 Å². The summed E-state index contributed by atoms with van der Waals surface area (Å²) in [5.74, 6) is -0.843. The van der Waals surface area contributed by atoms with Gasteiger partial charge in [-0.3, -0.25) is 4.79 Å². The van der Waals surface area contributed by atoms with Gasteiger partial charge in [0, 0.05) is 15.2 Å². The van der Waals surface area contributed by atoms with Crippen molar-refractivity contribution in [2.75, 3.05) is 0 Å². The van der Waals surface area contributed by atoms with Crippen molar-refractivity contribution in [2.24, 2.45) is 5.92 Å². The van der Waals surface area contributed by atoms with Gasteiger partial charge in [0.15, 0.2) is 0 Å². The van der Waals surface area contributed by atoms with Crippen molar-refractivity contribution in [2.45, 2.75) is 23.5 Å². The Morgan fingerprint density at radius 2 is 2.33 bits per heavy atom. The third-order valence-electron chi connectivity index (χ3n) is 2.47. The van der Waals surface area contributed by atoms with Crippen LogP contribution in [0.1, 0.15) is 12.0 Å². The maximum Gasteiger partial charge on any atom is 0.307 e. The summed E-state index contributed by atoms with van der Waals surface area (Å²) in [5, 5.41) is 9.76. The van der Waals surface area contributed by atoms with Crippen molar-refractivity contribution in [3.8, 4) is 0 Å². The van der Waals surface area contributed by atoms with Crippen LogP contribution in [-0.2, 0) is 4.79 Å². The van der Waals surface area contributed by atoms with Gasteiger partial charge >= 0.3 is 5.97 Å². The Kier molecular flexibility index (Phi) is 2.94. The van der Waals surface area contributed by atoms with Gasteiger partial charge in [0.1, 0.15) is 0 Å². The number of hydrogen-bond donors (Lipinski definition) is 1. The van der Waals surface area contributed by atoms with Crippen molar-refractivity contribution in [3.63, 3.8) is 0 Å². The Bertz CT molecular complexity index is 406. The van der Waals surface area contributed by atoms with Crippen molar-refractivity contribution in [1.82, 2.24) is 0 Å². The number of thioether (sulfide) groups is 1. The first-order chi connectivity index (χ1) is 7.08. The lowest BCUT2D eigenvalue weighted by molar-refractivity contribution is -0.138. The quantitative estimate of drug-likeness (QED) is 0.885. The molecule has 80 valence electrons. The standard InChI is InChI=1S/C11H11ClO2S/c1-6-4-7(2-3-9(6)12)15-10-5-8(10)11(13)14/h2-4,8,10H,5H2,1H3,(H,13,14). The lowest BCUT2D eigenvalue weighted by Crippen LogP contribution is -1.99. The summed E-state index contributed by atoms with van der Waals surface area (Å²) < 4.78 is 0. The highest BCUT2D eigenvalue weighted by atomic mass is 35.5. The molecule has 2 unspecified atom stereocenters. The van der Waals surface area contributed by atoms with E-state index < -0.39 is 5.97 Å². The smallest absolute Gasteiger partial charge is 0.307 e. The molecule has 0 aliphatic heterocycles. The molecule has 2 nitrogen and oxygen atoms in total. The van der Waals surface area contributed by atoms with Crippen LogP contribution < -0.4 is 0 Å². The zero-order chi connectivity index (χ0) is 11.0. The summed E-state index contributed by atoms with van der Waals surface area (Å²) in [6, 6.07) is 5.80. The molecule has 0 heterocycles. The van der Waals surface area contributed by atoms with Gasteiger partial charge in [-0.05, 0) is 37.1 Å².